The minimum atomic E-state index is -0.875. The molecule has 6 heteroatoms. The van der Waals surface area contributed by atoms with Gasteiger partial charge in [0.15, 0.2) is 0 Å². The maximum atomic E-state index is 11.5. The Kier molecular flexibility index (Phi) is 6.68. The number of hydrogen-bond acceptors (Lipinski definition) is 3. The van der Waals surface area contributed by atoms with Crippen molar-refractivity contribution in [1.82, 2.24) is 10.2 Å². The number of hydrogen-bond donors (Lipinski definition) is 2. The molecule has 0 bridgehead atoms. The summed E-state index contributed by atoms with van der Waals surface area (Å²) < 4.78 is 0. The molecule has 0 heterocycles. The Hall–Kier alpha value is -1.77. The van der Waals surface area contributed by atoms with E-state index in [0.717, 1.165) is 0 Å². The molecule has 0 spiro atoms. The Balaban J connectivity index is 3.80. The maximum absolute atomic E-state index is 11.5. The van der Waals surface area contributed by atoms with Gasteiger partial charge in [-0.15, -0.1) is 0 Å². The molecule has 0 radical (unpaired) electrons. The first kappa shape index (κ1) is 14.2. The average Bonchev–Trinajstić information content (AvgIpc) is 2.23. The molecule has 0 saturated heterocycles. The second-order valence-corrected chi connectivity index (χ2v) is 3.55. The van der Waals surface area contributed by atoms with Crippen molar-refractivity contribution in [2.24, 2.45) is 0 Å². The van der Waals surface area contributed by atoms with Gasteiger partial charge in [-0.2, -0.15) is 5.26 Å². The number of nitriles is 1. The van der Waals surface area contributed by atoms with Gasteiger partial charge in [-0.25, -0.2) is 4.79 Å². The Bertz CT molecular complexity index is 286. The molecule has 0 saturated carbocycles. The average molecular weight is 227 g/mol. The van der Waals surface area contributed by atoms with E-state index in [1.54, 1.807) is 14.0 Å². The predicted octanol–water partition coefficient (Wildman–Crippen LogP) is 0.795. The van der Waals surface area contributed by atoms with Crippen LogP contribution in [-0.2, 0) is 4.79 Å². The minimum Gasteiger partial charge on any atom is -0.481 e. The lowest BCUT2D eigenvalue weighted by molar-refractivity contribution is -0.137. The number of carboxylic acids is 1. The molecule has 6 nitrogen and oxygen atoms in total. The lowest BCUT2D eigenvalue weighted by atomic mass is 10.2. The normalized spacial score (nSPS) is 11.3. The van der Waals surface area contributed by atoms with E-state index in [4.69, 9.17) is 10.4 Å². The summed E-state index contributed by atoms with van der Waals surface area (Å²) in [6.45, 7) is 2.11. The van der Waals surface area contributed by atoms with Crippen LogP contribution in [0.15, 0.2) is 0 Å². The first-order valence-corrected chi connectivity index (χ1v) is 5.08. The zero-order valence-electron chi connectivity index (χ0n) is 9.56. The highest BCUT2D eigenvalue weighted by molar-refractivity contribution is 5.74. The van der Waals surface area contributed by atoms with E-state index in [2.05, 4.69) is 5.32 Å². The fraction of sp³-hybridized carbons (Fsp3) is 0.700. The third-order valence-electron chi connectivity index (χ3n) is 2.21. The summed E-state index contributed by atoms with van der Waals surface area (Å²) in [5.41, 5.74) is 0. The number of urea groups is 1. The van der Waals surface area contributed by atoms with Crippen LogP contribution in [-0.4, -0.2) is 41.6 Å². The highest BCUT2D eigenvalue weighted by atomic mass is 16.4. The Morgan fingerprint density at radius 3 is 2.69 bits per heavy atom. The lowest BCUT2D eigenvalue weighted by Gasteiger charge is -2.23. The van der Waals surface area contributed by atoms with Crippen molar-refractivity contribution in [2.45, 2.75) is 32.2 Å². The summed E-state index contributed by atoms with van der Waals surface area (Å²) in [6.07, 6.45) is 0.721. The van der Waals surface area contributed by atoms with Gasteiger partial charge in [-0.05, 0) is 13.3 Å². The van der Waals surface area contributed by atoms with Crippen LogP contribution >= 0.6 is 0 Å². The molecule has 0 aliphatic carbocycles. The van der Waals surface area contributed by atoms with Gasteiger partial charge in [0.25, 0.3) is 0 Å². The molecule has 16 heavy (non-hydrogen) atoms. The zero-order chi connectivity index (χ0) is 12.6. The molecule has 2 amide bonds. The second-order valence-electron chi connectivity index (χ2n) is 3.55. The molecule has 90 valence electrons. The van der Waals surface area contributed by atoms with Crippen LogP contribution in [0.1, 0.15) is 26.2 Å². The SMILES string of the molecule is CC(CC#N)N(C)C(=O)NCCCC(=O)O. The first-order chi connectivity index (χ1) is 7.49. The number of aliphatic carboxylic acids is 1. The molecule has 0 aliphatic heterocycles. The van der Waals surface area contributed by atoms with Gasteiger partial charge >= 0.3 is 12.0 Å². The van der Waals surface area contributed by atoms with Gasteiger partial charge in [0, 0.05) is 26.1 Å². The Labute approximate surface area is 94.8 Å². The van der Waals surface area contributed by atoms with Crippen molar-refractivity contribution < 1.29 is 14.7 Å². The molecule has 0 aliphatic rings. The van der Waals surface area contributed by atoms with Gasteiger partial charge in [0.2, 0.25) is 0 Å². The third-order valence-corrected chi connectivity index (χ3v) is 2.21. The predicted molar refractivity (Wildman–Crippen MR) is 57.7 cm³/mol. The van der Waals surface area contributed by atoms with Gasteiger partial charge in [-0.3, -0.25) is 4.79 Å². The Morgan fingerprint density at radius 1 is 1.56 bits per heavy atom. The molecule has 0 aromatic rings. The fourth-order valence-corrected chi connectivity index (χ4v) is 1.03. The van der Waals surface area contributed by atoms with Crippen LogP contribution in [0.4, 0.5) is 4.79 Å². The summed E-state index contributed by atoms with van der Waals surface area (Å²) in [4.78, 5) is 23.1. The van der Waals surface area contributed by atoms with E-state index in [1.807, 2.05) is 6.07 Å². The third kappa shape index (κ3) is 5.86. The molecule has 2 N–H and O–H groups in total. The van der Waals surface area contributed by atoms with Crippen molar-refractivity contribution >= 4 is 12.0 Å². The minimum absolute atomic E-state index is 0.0394. The quantitative estimate of drug-likeness (QED) is 0.656. The molecular formula is C10H17N3O3. The fourth-order valence-electron chi connectivity index (χ4n) is 1.03. The van der Waals surface area contributed by atoms with Gasteiger partial charge in [0.05, 0.1) is 12.5 Å². The van der Waals surface area contributed by atoms with Crippen molar-refractivity contribution in [3.63, 3.8) is 0 Å². The molecule has 1 atom stereocenters. The topological polar surface area (TPSA) is 93.4 Å². The second kappa shape index (κ2) is 7.51. The standard InChI is InChI=1S/C10H17N3O3/c1-8(5-6-11)13(2)10(16)12-7-3-4-9(14)15/h8H,3-5,7H2,1-2H3,(H,12,16)(H,14,15). The van der Waals surface area contributed by atoms with E-state index in [9.17, 15) is 9.59 Å². The highest BCUT2D eigenvalue weighted by Crippen LogP contribution is 2.00. The summed E-state index contributed by atoms with van der Waals surface area (Å²) in [7, 11) is 1.61. The van der Waals surface area contributed by atoms with Crippen molar-refractivity contribution in [1.29, 1.82) is 5.26 Å². The van der Waals surface area contributed by atoms with Gasteiger partial charge < -0.3 is 15.3 Å². The van der Waals surface area contributed by atoms with Crippen LogP contribution in [0.3, 0.4) is 0 Å². The molecule has 0 aromatic heterocycles. The summed E-state index contributed by atoms with van der Waals surface area (Å²) >= 11 is 0. The molecule has 0 fully saturated rings. The largest absolute Gasteiger partial charge is 0.481 e. The van der Waals surface area contributed by atoms with Crippen LogP contribution in [0, 0.1) is 11.3 Å². The number of carboxylic acid groups (broad SMARTS) is 1. The summed E-state index contributed by atoms with van der Waals surface area (Å²) in [5, 5.41) is 19.4. The van der Waals surface area contributed by atoms with E-state index >= 15 is 0 Å². The number of carbonyl (C=O) groups excluding carboxylic acids is 1. The van der Waals surface area contributed by atoms with Crippen molar-refractivity contribution in [2.75, 3.05) is 13.6 Å². The number of nitrogens with one attached hydrogen (secondary N) is 1. The highest BCUT2D eigenvalue weighted by Gasteiger charge is 2.14. The molecule has 0 aromatic carbocycles. The maximum Gasteiger partial charge on any atom is 0.317 e. The lowest BCUT2D eigenvalue weighted by Crippen LogP contribution is -2.42. The van der Waals surface area contributed by atoms with Crippen LogP contribution in [0.25, 0.3) is 0 Å². The van der Waals surface area contributed by atoms with E-state index in [0.29, 0.717) is 13.0 Å². The number of amides is 2. The first-order valence-electron chi connectivity index (χ1n) is 5.08. The van der Waals surface area contributed by atoms with Crippen molar-refractivity contribution in [3.8, 4) is 6.07 Å². The van der Waals surface area contributed by atoms with Crippen molar-refractivity contribution in [3.05, 3.63) is 0 Å². The smallest absolute Gasteiger partial charge is 0.317 e. The summed E-state index contributed by atoms with van der Waals surface area (Å²) in [6, 6.07) is 1.55. The van der Waals surface area contributed by atoms with E-state index in [-0.39, 0.29) is 24.9 Å². The van der Waals surface area contributed by atoms with Gasteiger partial charge in [-0.1, -0.05) is 0 Å². The molecular weight excluding hydrogens is 210 g/mol. The van der Waals surface area contributed by atoms with E-state index < -0.39 is 5.97 Å². The number of rotatable bonds is 6. The zero-order valence-corrected chi connectivity index (χ0v) is 9.56. The molecule has 1 unspecified atom stereocenters. The van der Waals surface area contributed by atoms with Crippen LogP contribution in [0.5, 0.6) is 0 Å². The molecule has 0 rings (SSSR count). The van der Waals surface area contributed by atoms with Crippen LogP contribution < -0.4 is 5.32 Å². The van der Waals surface area contributed by atoms with E-state index in [1.165, 1.54) is 4.90 Å². The van der Waals surface area contributed by atoms with Crippen LogP contribution in [0.2, 0.25) is 0 Å². The van der Waals surface area contributed by atoms with Gasteiger partial charge in [0.1, 0.15) is 0 Å². The number of carbonyl (C=O) groups is 2. The monoisotopic (exact) mass is 227 g/mol. The number of nitrogens with zero attached hydrogens (tertiary/aromatic N) is 2. The summed E-state index contributed by atoms with van der Waals surface area (Å²) in [5.74, 6) is -0.875. The Morgan fingerprint density at radius 2 is 2.19 bits per heavy atom.